The SMILES string of the molecule is CC(C)NC(=O)C1COCCN1C(=O)C(C)C(N)=NO. The quantitative estimate of drug-likeness (QED) is 0.268. The van der Waals surface area contributed by atoms with E-state index in [-0.39, 0.29) is 30.3 Å². The highest BCUT2D eigenvalue weighted by atomic mass is 16.5. The van der Waals surface area contributed by atoms with Crippen molar-refractivity contribution >= 4 is 17.6 Å². The van der Waals surface area contributed by atoms with Crippen LogP contribution in [0.4, 0.5) is 0 Å². The molecule has 2 atom stereocenters. The zero-order valence-electron chi connectivity index (χ0n) is 12.0. The average molecular weight is 286 g/mol. The molecule has 0 aromatic carbocycles. The first-order chi connectivity index (χ1) is 9.38. The molecule has 1 saturated heterocycles. The van der Waals surface area contributed by atoms with Gasteiger partial charge in [-0.05, 0) is 20.8 Å². The second-order valence-corrected chi connectivity index (χ2v) is 5.03. The second kappa shape index (κ2) is 7.09. The molecule has 1 aliphatic rings. The maximum absolute atomic E-state index is 12.3. The summed E-state index contributed by atoms with van der Waals surface area (Å²) in [6, 6.07) is -0.713. The number of oxime groups is 1. The van der Waals surface area contributed by atoms with Gasteiger partial charge in [-0.1, -0.05) is 5.16 Å². The predicted octanol–water partition coefficient (Wildman–Crippen LogP) is -0.879. The van der Waals surface area contributed by atoms with Gasteiger partial charge in [-0.15, -0.1) is 0 Å². The molecule has 114 valence electrons. The van der Waals surface area contributed by atoms with Crippen LogP contribution in [-0.4, -0.2) is 59.6 Å². The number of hydrogen-bond donors (Lipinski definition) is 3. The van der Waals surface area contributed by atoms with Gasteiger partial charge in [0, 0.05) is 12.6 Å². The van der Waals surface area contributed by atoms with Crippen LogP contribution in [-0.2, 0) is 14.3 Å². The van der Waals surface area contributed by atoms with Crippen LogP contribution in [0.25, 0.3) is 0 Å². The van der Waals surface area contributed by atoms with Gasteiger partial charge >= 0.3 is 0 Å². The Morgan fingerprint density at radius 2 is 2.10 bits per heavy atom. The van der Waals surface area contributed by atoms with Gasteiger partial charge in [0.05, 0.1) is 19.1 Å². The smallest absolute Gasteiger partial charge is 0.245 e. The predicted molar refractivity (Wildman–Crippen MR) is 72.2 cm³/mol. The van der Waals surface area contributed by atoms with Gasteiger partial charge < -0.3 is 25.9 Å². The largest absolute Gasteiger partial charge is 0.409 e. The van der Waals surface area contributed by atoms with E-state index in [1.807, 2.05) is 13.8 Å². The summed E-state index contributed by atoms with van der Waals surface area (Å²) < 4.78 is 5.27. The van der Waals surface area contributed by atoms with Crippen LogP contribution in [0.2, 0.25) is 0 Å². The molecule has 1 rings (SSSR count). The standard InChI is InChI=1S/C12H22N4O4/c1-7(2)14-11(17)9-6-20-5-4-16(9)12(18)8(3)10(13)15-19/h7-9,19H,4-6H2,1-3H3,(H2,13,15)(H,14,17). The van der Waals surface area contributed by atoms with Crippen molar-refractivity contribution in [3.05, 3.63) is 0 Å². The summed E-state index contributed by atoms with van der Waals surface area (Å²) >= 11 is 0. The molecule has 0 aromatic rings. The summed E-state index contributed by atoms with van der Waals surface area (Å²) in [5.41, 5.74) is 5.45. The second-order valence-electron chi connectivity index (χ2n) is 5.03. The number of carbonyl (C=O) groups is 2. The Morgan fingerprint density at radius 3 is 2.65 bits per heavy atom. The normalized spacial score (nSPS) is 21.7. The van der Waals surface area contributed by atoms with Crippen molar-refractivity contribution in [3.8, 4) is 0 Å². The fourth-order valence-electron chi connectivity index (χ4n) is 1.93. The van der Waals surface area contributed by atoms with Crippen LogP contribution in [0.1, 0.15) is 20.8 Å². The highest BCUT2D eigenvalue weighted by Crippen LogP contribution is 2.12. The first kappa shape index (κ1) is 16.2. The van der Waals surface area contributed by atoms with E-state index < -0.39 is 12.0 Å². The molecular weight excluding hydrogens is 264 g/mol. The van der Waals surface area contributed by atoms with Crippen LogP contribution in [0.15, 0.2) is 5.16 Å². The first-order valence-corrected chi connectivity index (χ1v) is 6.54. The van der Waals surface area contributed by atoms with E-state index in [4.69, 9.17) is 15.7 Å². The van der Waals surface area contributed by atoms with Gasteiger partial charge in [0.1, 0.15) is 6.04 Å². The number of amidine groups is 1. The van der Waals surface area contributed by atoms with E-state index in [0.717, 1.165) is 0 Å². The van der Waals surface area contributed by atoms with E-state index in [1.165, 1.54) is 11.8 Å². The Kier molecular flexibility index (Phi) is 5.75. The zero-order valence-corrected chi connectivity index (χ0v) is 12.0. The summed E-state index contributed by atoms with van der Waals surface area (Å²) in [6.07, 6.45) is 0. The molecule has 0 radical (unpaired) electrons. The fourth-order valence-corrected chi connectivity index (χ4v) is 1.93. The van der Waals surface area contributed by atoms with E-state index in [2.05, 4.69) is 10.5 Å². The number of ether oxygens (including phenoxy) is 1. The van der Waals surface area contributed by atoms with E-state index in [9.17, 15) is 9.59 Å². The Morgan fingerprint density at radius 1 is 1.45 bits per heavy atom. The molecule has 8 nitrogen and oxygen atoms in total. The molecule has 0 saturated carbocycles. The van der Waals surface area contributed by atoms with Gasteiger partial charge in [-0.25, -0.2) is 0 Å². The van der Waals surface area contributed by atoms with Crippen molar-refractivity contribution in [1.29, 1.82) is 0 Å². The average Bonchev–Trinajstić information content (AvgIpc) is 2.44. The summed E-state index contributed by atoms with van der Waals surface area (Å²) in [4.78, 5) is 25.8. The van der Waals surface area contributed by atoms with Gasteiger partial charge in [0.2, 0.25) is 11.8 Å². The highest BCUT2D eigenvalue weighted by molar-refractivity contribution is 6.03. The van der Waals surface area contributed by atoms with Crippen LogP contribution >= 0.6 is 0 Å². The minimum absolute atomic E-state index is 0.0251. The van der Waals surface area contributed by atoms with Crippen LogP contribution < -0.4 is 11.1 Å². The fraction of sp³-hybridized carbons (Fsp3) is 0.750. The minimum Gasteiger partial charge on any atom is -0.409 e. The topological polar surface area (TPSA) is 117 Å². The number of carbonyl (C=O) groups excluding carboxylic acids is 2. The number of nitrogens with one attached hydrogen (secondary N) is 1. The van der Waals surface area contributed by atoms with Crippen LogP contribution in [0.3, 0.4) is 0 Å². The Hall–Kier alpha value is -1.83. The first-order valence-electron chi connectivity index (χ1n) is 6.54. The number of hydrogen-bond acceptors (Lipinski definition) is 5. The third-order valence-electron chi connectivity index (χ3n) is 3.07. The summed E-state index contributed by atoms with van der Waals surface area (Å²) in [7, 11) is 0. The molecule has 8 heteroatoms. The Balaban J connectivity index is 2.83. The lowest BCUT2D eigenvalue weighted by Gasteiger charge is -2.36. The summed E-state index contributed by atoms with van der Waals surface area (Å²) in [6.45, 7) is 6.02. The lowest BCUT2D eigenvalue weighted by Crippen LogP contribution is -2.58. The molecule has 1 fully saturated rings. The van der Waals surface area contributed by atoms with Gasteiger partial charge in [0.25, 0.3) is 0 Å². The molecule has 2 unspecified atom stereocenters. The van der Waals surface area contributed by atoms with Crippen molar-refractivity contribution in [1.82, 2.24) is 10.2 Å². The number of nitrogens with two attached hydrogens (primary N) is 1. The molecule has 20 heavy (non-hydrogen) atoms. The van der Waals surface area contributed by atoms with Crippen molar-refractivity contribution in [3.63, 3.8) is 0 Å². The van der Waals surface area contributed by atoms with E-state index in [0.29, 0.717) is 13.2 Å². The Labute approximate surface area is 117 Å². The molecule has 1 aliphatic heterocycles. The van der Waals surface area contributed by atoms with E-state index in [1.54, 1.807) is 0 Å². The molecular formula is C12H22N4O4. The van der Waals surface area contributed by atoms with Crippen molar-refractivity contribution in [2.45, 2.75) is 32.9 Å². The molecule has 0 bridgehead atoms. The van der Waals surface area contributed by atoms with Gasteiger partial charge in [-0.2, -0.15) is 0 Å². The highest BCUT2D eigenvalue weighted by Gasteiger charge is 2.36. The third-order valence-corrected chi connectivity index (χ3v) is 3.07. The lowest BCUT2D eigenvalue weighted by atomic mass is 10.1. The maximum Gasteiger partial charge on any atom is 0.245 e. The number of morpholine rings is 1. The third kappa shape index (κ3) is 3.83. The molecule has 2 amide bonds. The Bertz CT molecular complexity index is 397. The summed E-state index contributed by atoms with van der Waals surface area (Å²) in [5.74, 6) is -1.58. The molecule has 4 N–H and O–H groups in total. The minimum atomic E-state index is -0.785. The number of rotatable bonds is 4. The summed E-state index contributed by atoms with van der Waals surface area (Å²) in [5, 5.41) is 14.2. The van der Waals surface area contributed by atoms with Crippen LogP contribution in [0, 0.1) is 5.92 Å². The molecule has 0 aromatic heterocycles. The molecule has 0 spiro atoms. The maximum atomic E-state index is 12.3. The van der Waals surface area contributed by atoms with Crippen molar-refractivity contribution in [2.75, 3.05) is 19.8 Å². The van der Waals surface area contributed by atoms with Gasteiger partial charge in [0.15, 0.2) is 5.84 Å². The van der Waals surface area contributed by atoms with E-state index >= 15 is 0 Å². The lowest BCUT2D eigenvalue weighted by molar-refractivity contribution is -0.150. The molecule has 0 aliphatic carbocycles. The van der Waals surface area contributed by atoms with Crippen molar-refractivity contribution in [2.24, 2.45) is 16.8 Å². The van der Waals surface area contributed by atoms with Crippen LogP contribution in [0.5, 0.6) is 0 Å². The van der Waals surface area contributed by atoms with Crippen molar-refractivity contribution < 1.29 is 19.5 Å². The number of nitrogens with zero attached hydrogens (tertiary/aromatic N) is 2. The monoisotopic (exact) mass is 286 g/mol. The zero-order chi connectivity index (χ0) is 15.3. The number of amides is 2. The molecule has 1 heterocycles. The van der Waals surface area contributed by atoms with Gasteiger partial charge in [-0.3, -0.25) is 9.59 Å².